The van der Waals surface area contributed by atoms with E-state index in [-0.39, 0.29) is 0 Å². The van der Waals surface area contributed by atoms with Gasteiger partial charge in [-0.15, -0.1) is 0 Å². The van der Waals surface area contributed by atoms with E-state index in [1.807, 2.05) is 18.2 Å². The van der Waals surface area contributed by atoms with E-state index in [1.165, 1.54) is 25.7 Å². The highest BCUT2D eigenvalue weighted by molar-refractivity contribution is 5.94. The number of para-hydroxylation sites is 1. The lowest BCUT2D eigenvalue weighted by Crippen LogP contribution is -2.29. The van der Waals surface area contributed by atoms with Gasteiger partial charge in [0, 0.05) is 24.7 Å². The molecular weight excluding hydrogens is 258 g/mol. The molecule has 1 aromatic carbocycles. The molecule has 0 bridgehead atoms. The first-order chi connectivity index (χ1) is 10.3. The number of hydrogen-bond acceptors (Lipinski definition) is 3. The highest BCUT2D eigenvalue weighted by atomic mass is 15.1. The lowest BCUT2D eigenvalue weighted by atomic mass is 10.1. The Labute approximate surface area is 125 Å². The molecule has 2 fully saturated rings. The molecule has 1 aromatic heterocycles. The highest BCUT2D eigenvalue weighted by Gasteiger charge is 2.31. The molecule has 3 heteroatoms. The van der Waals surface area contributed by atoms with Crippen molar-refractivity contribution in [3.63, 3.8) is 0 Å². The standard InChI is InChI=1S/C18H19N3/c19-9-15-10-20-17-4-2-1-3-16(17)18(15)21(11-13-5-6-13)12-14-7-8-14/h1-4,10,13-14H,5-8,11-12H2. The summed E-state index contributed by atoms with van der Waals surface area (Å²) in [7, 11) is 0. The molecule has 0 radical (unpaired) electrons. The summed E-state index contributed by atoms with van der Waals surface area (Å²) >= 11 is 0. The normalized spacial score (nSPS) is 17.7. The molecule has 3 nitrogen and oxygen atoms in total. The second kappa shape index (κ2) is 5.04. The molecule has 0 N–H and O–H groups in total. The minimum absolute atomic E-state index is 0.718. The third kappa shape index (κ3) is 2.58. The van der Waals surface area contributed by atoms with Crippen LogP contribution in [-0.2, 0) is 0 Å². The third-order valence-electron chi connectivity index (χ3n) is 4.53. The van der Waals surface area contributed by atoms with Crippen molar-refractivity contribution in [2.45, 2.75) is 25.7 Å². The zero-order valence-electron chi connectivity index (χ0n) is 12.1. The molecule has 0 spiro atoms. The van der Waals surface area contributed by atoms with Gasteiger partial charge >= 0.3 is 0 Å². The van der Waals surface area contributed by atoms with Crippen LogP contribution in [-0.4, -0.2) is 18.1 Å². The van der Waals surface area contributed by atoms with Gasteiger partial charge in [-0.3, -0.25) is 4.98 Å². The van der Waals surface area contributed by atoms with Gasteiger partial charge in [0.25, 0.3) is 0 Å². The van der Waals surface area contributed by atoms with Crippen LogP contribution in [0.2, 0.25) is 0 Å². The number of fused-ring (bicyclic) bond motifs is 1. The second-order valence-electron chi connectivity index (χ2n) is 6.44. The maximum atomic E-state index is 9.51. The summed E-state index contributed by atoms with van der Waals surface area (Å²) in [5.74, 6) is 1.64. The van der Waals surface area contributed by atoms with Crippen molar-refractivity contribution in [3.05, 3.63) is 36.0 Å². The topological polar surface area (TPSA) is 39.9 Å². The minimum atomic E-state index is 0.718. The number of aromatic nitrogens is 1. The molecular formula is C18H19N3. The smallest absolute Gasteiger partial charge is 0.103 e. The Balaban J connectivity index is 1.81. The second-order valence-corrected chi connectivity index (χ2v) is 6.44. The summed E-state index contributed by atoms with van der Waals surface area (Å²) in [6, 6.07) is 10.5. The van der Waals surface area contributed by atoms with E-state index >= 15 is 0 Å². The molecule has 2 aliphatic carbocycles. The van der Waals surface area contributed by atoms with Gasteiger partial charge in [0.2, 0.25) is 0 Å². The first-order valence-electron chi connectivity index (χ1n) is 7.88. The van der Waals surface area contributed by atoms with Crippen LogP contribution in [0.4, 0.5) is 5.69 Å². The van der Waals surface area contributed by atoms with E-state index in [9.17, 15) is 5.26 Å². The summed E-state index contributed by atoms with van der Waals surface area (Å²) in [6.45, 7) is 2.19. The van der Waals surface area contributed by atoms with E-state index < -0.39 is 0 Å². The van der Waals surface area contributed by atoms with Gasteiger partial charge in [-0.05, 0) is 43.6 Å². The van der Waals surface area contributed by atoms with Crippen LogP contribution in [0.15, 0.2) is 30.5 Å². The number of anilines is 1. The Morgan fingerprint density at radius 2 is 1.76 bits per heavy atom. The van der Waals surface area contributed by atoms with Gasteiger partial charge in [-0.1, -0.05) is 18.2 Å². The van der Waals surface area contributed by atoms with Crippen molar-refractivity contribution in [1.29, 1.82) is 5.26 Å². The quantitative estimate of drug-likeness (QED) is 0.836. The Kier molecular flexibility index (Phi) is 3.03. The lowest BCUT2D eigenvalue weighted by molar-refractivity contribution is 0.680. The van der Waals surface area contributed by atoms with Crippen LogP contribution in [0.3, 0.4) is 0 Å². The zero-order valence-corrected chi connectivity index (χ0v) is 12.1. The van der Waals surface area contributed by atoms with Crippen molar-refractivity contribution in [1.82, 2.24) is 4.98 Å². The fourth-order valence-electron chi connectivity index (χ4n) is 3.03. The molecule has 0 saturated heterocycles. The van der Waals surface area contributed by atoms with Crippen molar-refractivity contribution in [2.75, 3.05) is 18.0 Å². The van der Waals surface area contributed by atoms with E-state index in [0.717, 1.165) is 47.1 Å². The molecule has 2 aliphatic rings. The first kappa shape index (κ1) is 12.6. The number of rotatable bonds is 5. The third-order valence-corrected chi connectivity index (χ3v) is 4.53. The fraction of sp³-hybridized carbons (Fsp3) is 0.444. The first-order valence-corrected chi connectivity index (χ1v) is 7.88. The molecule has 0 amide bonds. The molecule has 21 heavy (non-hydrogen) atoms. The molecule has 0 aliphatic heterocycles. The number of pyridine rings is 1. The summed E-state index contributed by atoms with van der Waals surface area (Å²) in [5, 5.41) is 10.6. The zero-order chi connectivity index (χ0) is 14.2. The molecule has 0 unspecified atom stereocenters. The van der Waals surface area contributed by atoms with Gasteiger partial charge in [0.15, 0.2) is 0 Å². The van der Waals surface area contributed by atoms with Gasteiger partial charge in [-0.2, -0.15) is 5.26 Å². The lowest BCUT2D eigenvalue weighted by Gasteiger charge is -2.27. The fourth-order valence-corrected chi connectivity index (χ4v) is 3.03. The Hall–Kier alpha value is -2.08. The maximum Gasteiger partial charge on any atom is 0.103 e. The highest BCUT2D eigenvalue weighted by Crippen LogP contribution is 2.38. The minimum Gasteiger partial charge on any atom is -0.369 e. The van der Waals surface area contributed by atoms with Gasteiger partial charge < -0.3 is 4.90 Å². The molecule has 0 atom stereocenters. The number of nitriles is 1. The largest absolute Gasteiger partial charge is 0.369 e. The average molecular weight is 277 g/mol. The van der Waals surface area contributed by atoms with Crippen molar-refractivity contribution in [2.24, 2.45) is 11.8 Å². The van der Waals surface area contributed by atoms with E-state index in [0.29, 0.717) is 0 Å². The Morgan fingerprint density at radius 1 is 1.10 bits per heavy atom. The summed E-state index contributed by atoms with van der Waals surface area (Å²) < 4.78 is 0. The summed E-state index contributed by atoms with van der Waals surface area (Å²) in [5.41, 5.74) is 2.82. The Bertz CT molecular complexity index is 694. The van der Waals surface area contributed by atoms with Crippen LogP contribution in [0.25, 0.3) is 10.9 Å². The van der Waals surface area contributed by atoms with Crippen LogP contribution >= 0.6 is 0 Å². The van der Waals surface area contributed by atoms with Crippen molar-refractivity contribution in [3.8, 4) is 6.07 Å². The summed E-state index contributed by atoms with van der Waals surface area (Å²) in [4.78, 5) is 6.91. The predicted octanol–water partition coefficient (Wildman–Crippen LogP) is 3.73. The molecule has 2 saturated carbocycles. The van der Waals surface area contributed by atoms with Crippen LogP contribution in [0.1, 0.15) is 31.2 Å². The van der Waals surface area contributed by atoms with Gasteiger partial charge in [0.05, 0.1) is 16.8 Å². The number of nitrogens with zero attached hydrogens (tertiary/aromatic N) is 3. The van der Waals surface area contributed by atoms with E-state index in [4.69, 9.17) is 0 Å². The Morgan fingerprint density at radius 3 is 2.38 bits per heavy atom. The van der Waals surface area contributed by atoms with Crippen molar-refractivity contribution < 1.29 is 0 Å². The van der Waals surface area contributed by atoms with Crippen LogP contribution < -0.4 is 4.90 Å². The van der Waals surface area contributed by atoms with Gasteiger partial charge in [0.1, 0.15) is 6.07 Å². The summed E-state index contributed by atoms with van der Waals surface area (Å²) in [6.07, 6.45) is 7.10. The van der Waals surface area contributed by atoms with E-state index in [1.54, 1.807) is 6.20 Å². The molecule has 4 rings (SSSR count). The van der Waals surface area contributed by atoms with Crippen LogP contribution in [0.5, 0.6) is 0 Å². The predicted molar refractivity (Wildman–Crippen MR) is 84.1 cm³/mol. The molecule has 1 heterocycles. The van der Waals surface area contributed by atoms with Crippen LogP contribution in [0, 0.1) is 23.2 Å². The van der Waals surface area contributed by atoms with E-state index in [2.05, 4.69) is 22.0 Å². The molecule has 2 aromatic rings. The monoisotopic (exact) mass is 277 g/mol. The van der Waals surface area contributed by atoms with Crippen molar-refractivity contribution >= 4 is 16.6 Å². The number of benzene rings is 1. The SMILES string of the molecule is N#Cc1cnc2ccccc2c1N(CC1CC1)CC1CC1. The van der Waals surface area contributed by atoms with Gasteiger partial charge in [-0.25, -0.2) is 0 Å². The average Bonchev–Trinajstić information content (AvgIpc) is 3.41. The molecule has 106 valence electrons. The number of hydrogen-bond donors (Lipinski definition) is 0. The maximum absolute atomic E-state index is 9.51.